The molecular formula is C27H32BrN8O+. The number of fused-ring (bicyclic) bond motifs is 1. The van der Waals surface area contributed by atoms with Crippen molar-refractivity contribution in [3.8, 4) is 0 Å². The van der Waals surface area contributed by atoms with E-state index in [-0.39, 0.29) is 6.03 Å². The minimum absolute atomic E-state index is 0.151. The molecule has 3 aromatic heterocycles. The molecule has 2 aliphatic carbocycles. The molecule has 37 heavy (non-hydrogen) atoms. The van der Waals surface area contributed by atoms with Crippen molar-refractivity contribution in [3.05, 3.63) is 52.5 Å². The summed E-state index contributed by atoms with van der Waals surface area (Å²) in [6, 6.07) is 7.63. The van der Waals surface area contributed by atoms with E-state index in [1.807, 2.05) is 16.8 Å². The molecule has 3 unspecified atom stereocenters. The number of amides is 2. The fourth-order valence-electron chi connectivity index (χ4n) is 8.68. The first-order valence-corrected chi connectivity index (χ1v) is 14.5. The minimum Gasteiger partial charge on any atom is -0.366 e. The standard InChI is InChI=1S/C27H31BrN8O/c28-22-16-31-35-24(30-15-17-2-1-5-29-14-17)10-23(32-25(22)35)19-3-6-34(7-4-19)26(37)33-36-20-8-18-9-21(36)13-27(36,11-18)12-20/h1-2,5,10,14,16,18-21H,3-4,6-9,11-13,15H2,(H-,30,31,32,33,37)/p+1/t18?,20-,21+,27?,36?. The third kappa shape index (κ3) is 3.11. The zero-order valence-electron chi connectivity index (χ0n) is 20.8. The Hall–Kier alpha value is -2.72. The van der Waals surface area contributed by atoms with Gasteiger partial charge in [0, 0.05) is 69.0 Å². The van der Waals surface area contributed by atoms with Gasteiger partial charge in [0.05, 0.1) is 23.5 Å². The maximum absolute atomic E-state index is 13.4. The third-order valence-electron chi connectivity index (χ3n) is 10.2. The average molecular weight is 565 g/mol. The van der Waals surface area contributed by atoms with Gasteiger partial charge in [-0.25, -0.2) is 14.4 Å². The van der Waals surface area contributed by atoms with Crippen molar-refractivity contribution in [1.29, 1.82) is 0 Å². The number of hydrogen-bond acceptors (Lipinski definition) is 5. The fraction of sp³-hybridized carbons (Fsp3) is 0.556. The maximum Gasteiger partial charge on any atom is 0.361 e. The molecule has 5 atom stereocenters. The molecule has 1 spiro atoms. The fourth-order valence-corrected chi connectivity index (χ4v) is 9.03. The molecule has 5 bridgehead atoms. The zero-order chi connectivity index (χ0) is 24.8. The van der Waals surface area contributed by atoms with Crippen molar-refractivity contribution in [2.75, 3.05) is 18.4 Å². The molecule has 3 aromatic rings. The minimum atomic E-state index is 0.151. The van der Waals surface area contributed by atoms with Crippen LogP contribution in [0.3, 0.4) is 0 Å². The van der Waals surface area contributed by atoms with Gasteiger partial charge < -0.3 is 10.2 Å². The summed E-state index contributed by atoms with van der Waals surface area (Å²) in [6.07, 6.45) is 13.9. The summed E-state index contributed by atoms with van der Waals surface area (Å²) in [5.41, 5.74) is 6.95. The van der Waals surface area contributed by atoms with Crippen LogP contribution < -0.4 is 10.7 Å². The Morgan fingerprint density at radius 1 is 1.16 bits per heavy atom. The molecule has 2 N–H and O–H groups in total. The summed E-state index contributed by atoms with van der Waals surface area (Å²) in [7, 11) is 0. The highest BCUT2D eigenvalue weighted by Gasteiger charge is 2.84. The number of carbonyl (C=O) groups excluding carboxylic acids is 1. The van der Waals surface area contributed by atoms with Crippen LogP contribution >= 0.6 is 15.9 Å². The van der Waals surface area contributed by atoms with E-state index in [4.69, 9.17) is 4.98 Å². The lowest BCUT2D eigenvalue weighted by atomic mass is 9.47. The highest BCUT2D eigenvalue weighted by Crippen LogP contribution is 2.71. The largest absolute Gasteiger partial charge is 0.366 e. The number of likely N-dealkylation sites (tertiary alicyclic amines) is 1. The van der Waals surface area contributed by atoms with Crippen molar-refractivity contribution in [2.24, 2.45) is 5.92 Å². The van der Waals surface area contributed by atoms with Gasteiger partial charge in [-0.05, 0) is 46.3 Å². The lowest BCUT2D eigenvalue weighted by Crippen LogP contribution is -2.99. The molecule has 0 aromatic carbocycles. The van der Waals surface area contributed by atoms with Crippen molar-refractivity contribution < 1.29 is 9.39 Å². The molecule has 11 rings (SSSR count). The Morgan fingerprint density at radius 3 is 2.70 bits per heavy atom. The molecule has 8 aliphatic rings. The number of carbonyl (C=O) groups is 1. The van der Waals surface area contributed by atoms with E-state index in [2.05, 4.69) is 53.8 Å². The van der Waals surface area contributed by atoms with Crippen LogP contribution in [0.15, 0.2) is 41.3 Å². The number of pyridine rings is 1. The first kappa shape index (κ1) is 22.3. The number of anilines is 1. The highest BCUT2D eigenvalue weighted by molar-refractivity contribution is 9.10. The first-order chi connectivity index (χ1) is 18.0. The predicted molar refractivity (Wildman–Crippen MR) is 141 cm³/mol. The lowest BCUT2D eigenvalue weighted by Gasteiger charge is -2.81. The number of halogens is 1. The van der Waals surface area contributed by atoms with Gasteiger partial charge in [0.25, 0.3) is 0 Å². The molecule has 2 amide bonds. The van der Waals surface area contributed by atoms with Crippen molar-refractivity contribution >= 4 is 33.4 Å². The molecule has 8 fully saturated rings. The summed E-state index contributed by atoms with van der Waals surface area (Å²) < 4.78 is 3.66. The predicted octanol–water partition coefficient (Wildman–Crippen LogP) is 4.22. The average Bonchev–Trinajstić information content (AvgIpc) is 3.30. The number of quaternary nitrogens is 1. The smallest absolute Gasteiger partial charge is 0.361 e. The van der Waals surface area contributed by atoms with Gasteiger partial charge in [-0.3, -0.25) is 4.98 Å². The van der Waals surface area contributed by atoms with Gasteiger partial charge in [0.15, 0.2) is 5.65 Å². The van der Waals surface area contributed by atoms with Crippen molar-refractivity contribution in [1.82, 2.24) is 29.9 Å². The summed E-state index contributed by atoms with van der Waals surface area (Å²) in [4.78, 5) is 24.7. The molecular weight excluding hydrogens is 532 g/mol. The van der Waals surface area contributed by atoms with Gasteiger partial charge in [-0.1, -0.05) is 6.07 Å². The first-order valence-electron chi connectivity index (χ1n) is 13.7. The van der Waals surface area contributed by atoms with Crippen molar-refractivity contribution in [2.45, 2.75) is 75.0 Å². The Labute approximate surface area is 224 Å². The van der Waals surface area contributed by atoms with Gasteiger partial charge >= 0.3 is 6.03 Å². The maximum atomic E-state index is 13.4. The summed E-state index contributed by atoms with van der Waals surface area (Å²) in [6.45, 7) is 2.20. The monoisotopic (exact) mass is 563 g/mol. The second kappa shape index (κ2) is 7.89. The molecule has 0 radical (unpaired) electrons. The van der Waals surface area contributed by atoms with E-state index in [0.717, 1.165) is 63.6 Å². The van der Waals surface area contributed by atoms with E-state index in [9.17, 15) is 4.79 Å². The van der Waals surface area contributed by atoms with Crippen LogP contribution in [-0.2, 0) is 6.54 Å². The molecule has 9 heterocycles. The van der Waals surface area contributed by atoms with Crippen LogP contribution in [0, 0.1) is 5.92 Å². The molecule has 9 nitrogen and oxygen atoms in total. The van der Waals surface area contributed by atoms with Crippen molar-refractivity contribution in [3.63, 3.8) is 0 Å². The normalized spacial score (nSPS) is 33.6. The topological polar surface area (TPSA) is 87.5 Å². The molecule has 6 saturated heterocycles. The van der Waals surface area contributed by atoms with E-state index in [1.165, 1.54) is 32.1 Å². The Bertz CT molecular complexity index is 1360. The number of rotatable bonds is 5. The number of urea groups is 1. The summed E-state index contributed by atoms with van der Waals surface area (Å²) in [5, 5.41) is 8.03. The van der Waals surface area contributed by atoms with Crippen LogP contribution in [0.1, 0.15) is 62.1 Å². The van der Waals surface area contributed by atoms with Crippen LogP contribution in [0.5, 0.6) is 0 Å². The molecule has 2 saturated carbocycles. The Balaban J connectivity index is 0.969. The highest BCUT2D eigenvalue weighted by atomic mass is 79.9. The molecule has 10 heteroatoms. The molecule has 6 aliphatic heterocycles. The van der Waals surface area contributed by atoms with Crippen LogP contribution in [0.4, 0.5) is 10.6 Å². The lowest BCUT2D eigenvalue weighted by molar-refractivity contribution is -1.14. The SMILES string of the molecule is O=C(N[N+]12[C@@H]3CC4C[C@H]1CC2(C4)C3)N1CCC(c2cc(NCc3cccnc3)n3ncc(Br)c3n2)CC1. The van der Waals surface area contributed by atoms with E-state index >= 15 is 0 Å². The number of aromatic nitrogens is 4. The van der Waals surface area contributed by atoms with Gasteiger partial charge in [0.1, 0.15) is 23.4 Å². The van der Waals surface area contributed by atoms with Gasteiger partial charge in [0.2, 0.25) is 0 Å². The second-order valence-electron chi connectivity index (χ2n) is 11.9. The summed E-state index contributed by atoms with van der Waals surface area (Å²) in [5.74, 6) is 2.15. The quantitative estimate of drug-likeness (QED) is 0.454. The number of nitrogens with zero attached hydrogens (tertiary/aromatic N) is 6. The number of nitrogens with one attached hydrogen (secondary N) is 2. The third-order valence-corrected chi connectivity index (χ3v) is 10.7. The number of piperidine rings is 5. The zero-order valence-corrected chi connectivity index (χ0v) is 22.4. The second-order valence-corrected chi connectivity index (χ2v) is 12.8. The Morgan fingerprint density at radius 2 is 1.97 bits per heavy atom. The summed E-state index contributed by atoms with van der Waals surface area (Å²) >= 11 is 3.62. The number of hydrogen-bond donors (Lipinski definition) is 2. The van der Waals surface area contributed by atoms with Crippen LogP contribution in [0.25, 0.3) is 5.65 Å². The van der Waals surface area contributed by atoms with Crippen LogP contribution in [0.2, 0.25) is 0 Å². The van der Waals surface area contributed by atoms with Gasteiger partial charge in [-0.15, -0.1) is 0 Å². The van der Waals surface area contributed by atoms with E-state index in [1.54, 1.807) is 12.4 Å². The van der Waals surface area contributed by atoms with E-state index in [0.29, 0.717) is 30.1 Å². The van der Waals surface area contributed by atoms with Gasteiger partial charge in [-0.2, -0.15) is 15.0 Å². The molecule has 192 valence electrons. The van der Waals surface area contributed by atoms with E-state index < -0.39 is 0 Å². The Kier molecular flexibility index (Phi) is 4.75. The van der Waals surface area contributed by atoms with Crippen LogP contribution in [-0.4, -0.2) is 65.8 Å².